The van der Waals surface area contributed by atoms with Gasteiger partial charge in [0.15, 0.2) is 0 Å². The first-order valence-electron chi connectivity index (χ1n) is 13.4. The zero-order valence-corrected chi connectivity index (χ0v) is 22.6. The highest BCUT2D eigenvalue weighted by Gasteiger charge is 2.40. The normalized spacial score (nSPS) is 14.8. The fourth-order valence-electron chi connectivity index (χ4n) is 5.31. The zero-order chi connectivity index (χ0) is 30.1. The Balaban J connectivity index is 1.11. The molecule has 0 radical (unpaired) electrons. The third-order valence-corrected chi connectivity index (χ3v) is 7.50. The molecule has 1 N–H and O–H groups in total. The van der Waals surface area contributed by atoms with E-state index >= 15 is 0 Å². The van der Waals surface area contributed by atoms with Crippen molar-refractivity contribution in [2.24, 2.45) is 0 Å². The summed E-state index contributed by atoms with van der Waals surface area (Å²) in [6.07, 6.45) is -2.30. The van der Waals surface area contributed by atoms with E-state index in [1.807, 2.05) is 11.2 Å². The van der Waals surface area contributed by atoms with Gasteiger partial charge >= 0.3 is 6.18 Å². The number of pyridine rings is 1. The highest BCUT2D eigenvalue weighted by atomic mass is 19.4. The average Bonchev–Trinajstić information content (AvgIpc) is 3.46. The van der Waals surface area contributed by atoms with Crippen molar-refractivity contribution in [3.63, 3.8) is 0 Å². The van der Waals surface area contributed by atoms with Crippen molar-refractivity contribution in [3.8, 4) is 17.6 Å². The second kappa shape index (κ2) is 11.1. The minimum absolute atomic E-state index is 0.0975. The van der Waals surface area contributed by atoms with Crippen LogP contribution in [0.15, 0.2) is 71.8 Å². The molecule has 4 aromatic rings. The number of H-pyrrole nitrogens is 1. The number of carbonyl (C=O) groups excluding carboxylic acids is 1. The molecular formula is C30H24F3N7O3. The van der Waals surface area contributed by atoms with Crippen molar-refractivity contribution in [3.05, 3.63) is 105 Å². The van der Waals surface area contributed by atoms with Gasteiger partial charge in [0.05, 0.1) is 17.4 Å². The van der Waals surface area contributed by atoms with Crippen LogP contribution in [0.2, 0.25) is 0 Å². The van der Waals surface area contributed by atoms with Gasteiger partial charge in [-0.25, -0.2) is 10.1 Å². The van der Waals surface area contributed by atoms with Gasteiger partial charge in [-0.3, -0.25) is 9.59 Å². The van der Waals surface area contributed by atoms with Gasteiger partial charge in [0, 0.05) is 56.6 Å². The molecule has 2 aromatic carbocycles. The second-order valence-corrected chi connectivity index (χ2v) is 10.1. The van der Waals surface area contributed by atoms with E-state index in [0.29, 0.717) is 54.4 Å². The van der Waals surface area contributed by atoms with Crippen molar-refractivity contribution in [1.82, 2.24) is 20.1 Å². The highest BCUT2D eigenvalue weighted by Crippen LogP contribution is 2.40. The monoisotopic (exact) mass is 587 g/mol. The molecule has 1 fully saturated rings. The lowest BCUT2D eigenvalue weighted by atomic mass is 10.1. The summed E-state index contributed by atoms with van der Waals surface area (Å²) < 4.78 is 47.0. The topological polar surface area (TPSA) is 118 Å². The summed E-state index contributed by atoms with van der Waals surface area (Å²) in [6, 6.07) is 17.6. The number of fused-ring (bicyclic) bond motifs is 1. The molecule has 4 heterocycles. The van der Waals surface area contributed by atoms with Gasteiger partial charge in [-0.05, 0) is 48.0 Å². The predicted octanol–water partition coefficient (Wildman–Crippen LogP) is 4.33. The van der Waals surface area contributed by atoms with Crippen LogP contribution in [0, 0.1) is 11.3 Å². The number of nitriles is 1. The van der Waals surface area contributed by atoms with Gasteiger partial charge in [0.2, 0.25) is 0 Å². The molecule has 1 saturated heterocycles. The van der Waals surface area contributed by atoms with Gasteiger partial charge in [0.25, 0.3) is 11.5 Å². The molecule has 0 unspecified atom stereocenters. The average molecular weight is 588 g/mol. The van der Waals surface area contributed by atoms with Gasteiger partial charge in [0.1, 0.15) is 28.9 Å². The fourth-order valence-corrected chi connectivity index (χ4v) is 5.31. The predicted molar refractivity (Wildman–Crippen MR) is 150 cm³/mol. The molecule has 13 heteroatoms. The van der Waals surface area contributed by atoms with Gasteiger partial charge < -0.3 is 19.4 Å². The molecule has 1 amide bonds. The number of anilines is 2. The number of ether oxygens (including phenoxy) is 1. The summed E-state index contributed by atoms with van der Waals surface area (Å²) in [5, 5.41) is 14.4. The number of benzene rings is 2. The number of nitrogens with one attached hydrogen (secondary N) is 1. The third kappa shape index (κ3) is 5.59. The molecule has 43 heavy (non-hydrogen) atoms. The SMILES string of the molecule is N#Cc1ccc(N2CCN(C(=O)c3ccc(Oc4cccc5c4CN(c4cn[nH]c(=O)c4C(F)(F)F)C5)cc3)CC2)nc1. The summed E-state index contributed by atoms with van der Waals surface area (Å²) in [5.74, 6) is 1.59. The van der Waals surface area contributed by atoms with E-state index in [2.05, 4.69) is 15.0 Å². The number of amides is 1. The van der Waals surface area contributed by atoms with E-state index in [4.69, 9.17) is 10.00 Å². The van der Waals surface area contributed by atoms with Crippen LogP contribution < -0.4 is 20.1 Å². The standard InChI is InChI=1S/C30H24F3N7O3/c31-30(32,33)27-24(16-36-37-28(27)41)40-17-21-2-1-3-25(23(21)18-40)43-22-7-5-20(6-8-22)29(42)39-12-10-38(11-13-39)26-9-4-19(14-34)15-35-26/h1-9,15-16H,10-13,17-18H2,(H,37,41). The Hall–Kier alpha value is -5.38. The lowest BCUT2D eigenvalue weighted by molar-refractivity contribution is -0.138. The molecule has 0 atom stereocenters. The highest BCUT2D eigenvalue weighted by molar-refractivity contribution is 5.94. The minimum atomic E-state index is -4.84. The van der Waals surface area contributed by atoms with E-state index in [-0.39, 0.29) is 24.7 Å². The Labute approximate surface area is 243 Å². The zero-order valence-electron chi connectivity index (χ0n) is 22.6. The van der Waals surface area contributed by atoms with Crippen molar-refractivity contribution in [1.29, 1.82) is 5.26 Å². The number of nitrogens with zero attached hydrogens (tertiary/aromatic N) is 6. The van der Waals surface area contributed by atoms with E-state index in [9.17, 15) is 22.8 Å². The van der Waals surface area contributed by atoms with Gasteiger partial charge in [-0.1, -0.05) is 12.1 Å². The lowest BCUT2D eigenvalue weighted by Gasteiger charge is -2.35. The Kier molecular flexibility index (Phi) is 7.19. The second-order valence-electron chi connectivity index (χ2n) is 10.1. The maximum Gasteiger partial charge on any atom is 0.423 e. The van der Waals surface area contributed by atoms with Crippen molar-refractivity contribution in [2.45, 2.75) is 19.3 Å². The Morgan fingerprint density at radius 2 is 1.72 bits per heavy atom. The van der Waals surface area contributed by atoms with Crippen LogP contribution in [0.5, 0.6) is 11.5 Å². The molecule has 0 spiro atoms. The van der Waals surface area contributed by atoms with Crippen molar-refractivity contribution < 1.29 is 22.7 Å². The first-order chi connectivity index (χ1) is 20.7. The summed E-state index contributed by atoms with van der Waals surface area (Å²) in [7, 11) is 0. The number of alkyl halides is 3. The van der Waals surface area contributed by atoms with Gasteiger partial charge in [-0.2, -0.15) is 23.5 Å². The Morgan fingerprint density at radius 3 is 2.40 bits per heavy atom. The summed E-state index contributed by atoms with van der Waals surface area (Å²) >= 11 is 0. The smallest absolute Gasteiger partial charge is 0.423 e. The number of hydrogen-bond acceptors (Lipinski definition) is 8. The molecule has 2 aliphatic heterocycles. The third-order valence-electron chi connectivity index (χ3n) is 7.50. The van der Waals surface area contributed by atoms with E-state index in [1.54, 1.807) is 59.5 Å². The van der Waals surface area contributed by atoms with Crippen LogP contribution in [0.4, 0.5) is 24.7 Å². The van der Waals surface area contributed by atoms with Crippen LogP contribution in [-0.4, -0.2) is 52.2 Å². The first kappa shape index (κ1) is 27.8. The summed E-state index contributed by atoms with van der Waals surface area (Å²) in [4.78, 5) is 34.7. The number of rotatable bonds is 5. The molecule has 0 saturated carbocycles. The van der Waals surface area contributed by atoms with E-state index in [1.165, 1.54) is 11.1 Å². The lowest BCUT2D eigenvalue weighted by Crippen LogP contribution is -2.49. The van der Waals surface area contributed by atoms with Crippen LogP contribution in [-0.2, 0) is 19.3 Å². The summed E-state index contributed by atoms with van der Waals surface area (Å²) in [6.45, 7) is 2.51. The van der Waals surface area contributed by atoms with Crippen LogP contribution in [0.25, 0.3) is 0 Å². The molecule has 10 nitrogen and oxygen atoms in total. The molecular weight excluding hydrogens is 563 g/mol. The maximum absolute atomic E-state index is 13.6. The van der Waals surface area contributed by atoms with E-state index in [0.717, 1.165) is 17.6 Å². The summed E-state index contributed by atoms with van der Waals surface area (Å²) in [5.41, 5.74) is -0.412. The van der Waals surface area contributed by atoms with Crippen LogP contribution in [0.1, 0.15) is 32.6 Å². The van der Waals surface area contributed by atoms with Gasteiger partial charge in [-0.15, -0.1) is 0 Å². The largest absolute Gasteiger partial charge is 0.457 e. The number of carbonyl (C=O) groups is 1. The fraction of sp³-hybridized carbons (Fsp3) is 0.233. The quantitative estimate of drug-likeness (QED) is 0.367. The first-order valence-corrected chi connectivity index (χ1v) is 13.4. The Morgan fingerprint density at radius 1 is 0.953 bits per heavy atom. The molecule has 0 aliphatic carbocycles. The molecule has 2 aliphatic rings. The number of aromatic nitrogens is 3. The van der Waals surface area contributed by atoms with Crippen LogP contribution >= 0.6 is 0 Å². The number of piperazine rings is 1. The molecule has 218 valence electrons. The van der Waals surface area contributed by atoms with Crippen molar-refractivity contribution in [2.75, 3.05) is 36.0 Å². The number of aromatic amines is 1. The molecule has 6 rings (SSSR count). The minimum Gasteiger partial charge on any atom is -0.457 e. The van der Waals surface area contributed by atoms with Crippen LogP contribution in [0.3, 0.4) is 0 Å². The van der Waals surface area contributed by atoms with Crippen molar-refractivity contribution >= 4 is 17.4 Å². The Bertz CT molecular complexity index is 1760. The molecule has 0 bridgehead atoms. The number of hydrogen-bond donors (Lipinski definition) is 1. The van der Waals surface area contributed by atoms with E-state index < -0.39 is 17.3 Å². The maximum atomic E-state index is 13.6. The molecule has 2 aromatic heterocycles. The number of halogens is 3.